The molecule has 1 aromatic carbocycles. The highest BCUT2D eigenvalue weighted by molar-refractivity contribution is 6.08. The summed E-state index contributed by atoms with van der Waals surface area (Å²) < 4.78 is 0. The molecule has 0 bridgehead atoms. The number of hydrogen-bond donors (Lipinski definition) is 0. The molecule has 2 nitrogen and oxygen atoms in total. The fourth-order valence-electron chi connectivity index (χ4n) is 2.89. The summed E-state index contributed by atoms with van der Waals surface area (Å²) in [4.78, 5) is 14.4. The summed E-state index contributed by atoms with van der Waals surface area (Å²) in [5.74, 6) is 0.452. The largest absolute Gasteiger partial charge is 0.314 e. The molecule has 0 aliphatic carbocycles. The van der Waals surface area contributed by atoms with Crippen LogP contribution in [0.4, 0.5) is 5.69 Å². The van der Waals surface area contributed by atoms with Gasteiger partial charge in [-0.05, 0) is 24.0 Å². The Balaban J connectivity index is 2.68. The van der Waals surface area contributed by atoms with Gasteiger partial charge in [-0.2, -0.15) is 0 Å². The van der Waals surface area contributed by atoms with Gasteiger partial charge in [-0.1, -0.05) is 38.1 Å². The Labute approximate surface area is 103 Å². The maximum Gasteiger partial charge on any atom is 0.238 e. The van der Waals surface area contributed by atoms with Crippen molar-refractivity contribution in [1.29, 1.82) is 0 Å². The van der Waals surface area contributed by atoms with E-state index in [0.29, 0.717) is 6.42 Å². The lowest BCUT2D eigenvalue weighted by atomic mass is 9.70. The summed E-state index contributed by atoms with van der Waals surface area (Å²) in [6.45, 7) is 8.03. The van der Waals surface area contributed by atoms with Crippen LogP contribution in [-0.2, 0) is 10.2 Å². The van der Waals surface area contributed by atoms with Crippen molar-refractivity contribution >= 4 is 11.6 Å². The van der Waals surface area contributed by atoms with Crippen molar-refractivity contribution in [2.45, 2.75) is 25.7 Å². The topological polar surface area (TPSA) is 20.3 Å². The predicted molar refractivity (Wildman–Crippen MR) is 71.2 cm³/mol. The van der Waals surface area contributed by atoms with E-state index >= 15 is 0 Å². The van der Waals surface area contributed by atoms with Gasteiger partial charge in [0.2, 0.25) is 5.91 Å². The molecule has 1 aliphatic rings. The number of hydrogen-bond acceptors (Lipinski definition) is 1. The van der Waals surface area contributed by atoms with Crippen molar-refractivity contribution in [2.75, 3.05) is 11.9 Å². The zero-order chi connectivity index (χ0) is 12.6. The van der Waals surface area contributed by atoms with Gasteiger partial charge in [-0.3, -0.25) is 4.79 Å². The van der Waals surface area contributed by atoms with Gasteiger partial charge in [0, 0.05) is 12.7 Å². The maximum absolute atomic E-state index is 12.6. The van der Waals surface area contributed by atoms with Gasteiger partial charge < -0.3 is 4.90 Å². The Bertz CT molecular complexity index is 464. The van der Waals surface area contributed by atoms with Crippen LogP contribution in [0.5, 0.6) is 0 Å². The lowest BCUT2D eigenvalue weighted by Crippen LogP contribution is -2.42. The zero-order valence-corrected chi connectivity index (χ0v) is 10.7. The van der Waals surface area contributed by atoms with Crippen molar-refractivity contribution in [3.8, 4) is 0 Å². The number of carbonyl (C=O) groups excluding carboxylic acids is 1. The highest BCUT2D eigenvalue weighted by Gasteiger charge is 2.50. The lowest BCUT2D eigenvalue weighted by Gasteiger charge is -2.31. The van der Waals surface area contributed by atoms with Gasteiger partial charge >= 0.3 is 0 Å². The van der Waals surface area contributed by atoms with Crippen LogP contribution in [0.2, 0.25) is 0 Å². The number of allylic oxidation sites excluding steroid dienone is 1. The monoisotopic (exact) mass is 229 g/mol. The molecule has 1 aromatic rings. The van der Waals surface area contributed by atoms with Gasteiger partial charge in [0.05, 0.1) is 5.41 Å². The van der Waals surface area contributed by atoms with E-state index in [9.17, 15) is 4.79 Å². The van der Waals surface area contributed by atoms with E-state index in [-0.39, 0.29) is 11.8 Å². The molecule has 0 saturated carbocycles. The molecule has 1 heterocycles. The zero-order valence-electron chi connectivity index (χ0n) is 10.7. The Morgan fingerprint density at radius 3 is 2.65 bits per heavy atom. The summed E-state index contributed by atoms with van der Waals surface area (Å²) in [6.07, 6.45) is 2.55. The quantitative estimate of drug-likeness (QED) is 0.729. The van der Waals surface area contributed by atoms with Gasteiger partial charge in [-0.15, -0.1) is 6.58 Å². The van der Waals surface area contributed by atoms with Crippen LogP contribution >= 0.6 is 0 Å². The third kappa shape index (κ3) is 1.43. The highest BCUT2D eigenvalue weighted by Crippen LogP contribution is 2.47. The average molecular weight is 229 g/mol. The van der Waals surface area contributed by atoms with Crippen molar-refractivity contribution < 1.29 is 4.79 Å². The molecule has 0 radical (unpaired) electrons. The van der Waals surface area contributed by atoms with Crippen LogP contribution in [0.15, 0.2) is 36.9 Å². The van der Waals surface area contributed by atoms with Gasteiger partial charge in [-0.25, -0.2) is 0 Å². The minimum Gasteiger partial charge on any atom is -0.314 e. The van der Waals surface area contributed by atoms with Crippen molar-refractivity contribution in [2.24, 2.45) is 5.92 Å². The first-order valence-corrected chi connectivity index (χ1v) is 6.04. The molecule has 1 atom stereocenters. The van der Waals surface area contributed by atoms with Crippen LogP contribution in [0, 0.1) is 5.92 Å². The minimum absolute atomic E-state index is 0.189. The van der Waals surface area contributed by atoms with Crippen molar-refractivity contribution in [3.63, 3.8) is 0 Å². The van der Waals surface area contributed by atoms with E-state index in [0.717, 1.165) is 11.3 Å². The molecule has 0 spiro atoms. The Hall–Kier alpha value is -1.57. The second kappa shape index (κ2) is 4.02. The molecule has 1 aliphatic heterocycles. The maximum atomic E-state index is 12.6. The normalized spacial score (nSPS) is 23.1. The smallest absolute Gasteiger partial charge is 0.238 e. The highest BCUT2D eigenvalue weighted by atomic mass is 16.2. The molecular formula is C15H19NO. The summed E-state index contributed by atoms with van der Waals surface area (Å²) in [5.41, 5.74) is 1.75. The first-order chi connectivity index (χ1) is 8.05. The van der Waals surface area contributed by atoms with Gasteiger partial charge in [0.15, 0.2) is 0 Å². The van der Waals surface area contributed by atoms with Crippen molar-refractivity contribution in [1.82, 2.24) is 0 Å². The second-order valence-corrected chi connectivity index (χ2v) is 5.00. The van der Waals surface area contributed by atoms with Crippen LogP contribution in [0.1, 0.15) is 25.8 Å². The van der Waals surface area contributed by atoms with Crippen LogP contribution < -0.4 is 4.90 Å². The number of fused-ring (bicyclic) bond motifs is 1. The minimum atomic E-state index is -0.424. The van der Waals surface area contributed by atoms with Crippen LogP contribution in [0.25, 0.3) is 0 Å². The van der Waals surface area contributed by atoms with E-state index < -0.39 is 5.41 Å². The number of likely N-dealkylation sites (N-methyl/N-ethyl adjacent to an activating group) is 1. The summed E-state index contributed by atoms with van der Waals surface area (Å²) in [6, 6.07) is 8.07. The molecule has 1 unspecified atom stereocenters. The predicted octanol–water partition coefficient (Wildman–Crippen LogP) is 3.13. The molecule has 2 rings (SSSR count). The first kappa shape index (κ1) is 11.9. The number of nitrogens with zero attached hydrogens (tertiary/aromatic N) is 1. The van der Waals surface area contributed by atoms with Crippen LogP contribution in [0.3, 0.4) is 0 Å². The molecule has 90 valence electrons. The molecule has 17 heavy (non-hydrogen) atoms. The number of rotatable bonds is 3. The summed E-state index contributed by atoms with van der Waals surface area (Å²) in [7, 11) is 1.86. The van der Waals surface area contributed by atoms with Gasteiger partial charge in [0.25, 0.3) is 0 Å². The average Bonchev–Trinajstić information content (AvgIpc) is 2.53. The summed E-state index contributed by atoms with van der Waals surface area (Å²) >= 11 is 0. The van der Waals surface area contributed by atoms with E-state index in [1.54, 1.807) is 4.90 Å². The molecule has 0 fully saturated rings. The van der Waals surface area contributed by atoms with Crippen molar-refractivity contribution in [3.05, 3.63) is 42.5 Å². The lowest BCUT2D eigenvalue weighted by molar-refractivity contribution is -0.124. The fraction of sp³-hybridized carbons (Fsp3) is 0.400. The fourth-order valence-corrected chi connectivity index (χ4v) is 2.89. The number of para-hydroxylation sites is 1. The first-order valence-electron chi connectivity index (χ1n) is 6.04. The second-order valence-electron chi connectivity index (χ2n) is 5.00. The number of benzene rings is 1. The number of amides is 1. The standard InChI is InChI=1S/C15H19NO/c1-5-10-15(11(2)3)12-8-6-7-9-13(12)16(4)14(15)17/h5-9,11H,1,10H2,2-4H3. The van der Waals surface area contributed by atoms with E-state index in [2.05, 4.69) is 26.5 Å². The summed E-state index contributed by atoms with van der Waals surface area (Å²) in [5, 5.41) is 0. The molecule has 0 aromatic heterocycles. The molecular weight excluding hydrogens is 210 g/mol. The Kier molecular flexibility index (Phi) is 2.82. The van der Waals surface area contributed by atoms with Gasteiger partial charge in [0.1, 0.15) is 0 Å². The molecule has 1 amide bonds. The van der Waals surface area contributed by atoms with E-state index in [1.807, 2.05) is 31.3 Å². The SMILES string of the molecule is C=CCC1(C(C)C)C(=O)N(C)c2ccccc21. The van der Waals surface area contributed by atoms with Crippen LogP contribution in [-0.4, -0.2) is 13.0 Å². The molecule has 0 N–H and O–H groups in total. The third-order valence-corrected chi connectivity index (χ3v) is 3.88. The Morgan fingerprint density at radius 1 is 1.41 bits per heavy atom. The Morgan fingerprint density at radius 2 is 2.06 bits per heavy atom. The number of carbonyl (C=O) groups is 1. The molecule has 2 heteroatoms. The molecule has 0 saturated heterocycles. The third-order valence-electron chi connectivity index (χ3n) is 3.88. The number of anilines is 1. The van der Waals surface area contributed by atoms with E-state index in [4.69, 9.17) is 0 Å². The van der Waals surface area contributed by atoms with E-state index in [1.165, 1.54) is 0 Å².